The van der Waals surface area contributed by atoms with Gasteiger partial charge in [-0.05, 0) is 44.5 Å². The first-order chi connectivity index (χ1) is 10.3. The molecule has 21 heavy (non-hydrogen) atoms. The molecule has 4 heteroatoms. The van der Waals surface area contributed by atoms with Crippen molar-refractivity contribution in [2.24, 2.45) is 0 Å². The van der Waals surface area contributed by atoms with Crippen molar-refractivity contribution in [3.05, 3.63) is 41.6 Å². The van der Waals surface area contributed by atoms with Gasteiger partial charge >= 0.3 is 0 Å². The second-order valence-corrected chi connectivity index (χ2v) is 5.37. The van der Waals surface area contributed by atoms with Crippen LogP contribution in [0.25, 0.3) is 0 Å². The average molecular weight is 289 g/mol. The van der Waals surface area contributed by atoms with Crippen molar-refractivity contribution in [3.8, 4) is 0 Å². The lowest BCUT2D eigenvalue weighted by atomic mass is 10.0. The number of aromatic nitrogens is 2. The minimum absolute atomic E-state index is 0.465. The standard InChI is InChI=1S/C17H27N3O/c1-4-14-12-16(20(6-3)19-14)13-15(18-5-2)9-10-17-8-7-11-21-17/h7-8,11-12,15,18H,4-6,9-10,13H2,1-3H3. The number of rotatable bonds is 9. The molecule has 1 N–H and O–H groups in total. The quantitative estimate of drug-likeness (QED) is 0.771. The van der Waals surface area contributed by atoms with Crippen LogP contribution in [-0.2, 0) is 25.8 Å². The molecular formula is C17H27N3O. The summed E-state index contributed by atoms with van der Waals surface area (Å²) in [6.45, 7) is 8.40. The van der Waals surface area contributed by atoms with E-state index in [2.05, 4.69) is 48.0 Å². The minimum atomic E-state index is 0.465. The van der Waals surface area contributed by atoms with E-state index in [1.165, 1.54) is 11.4 Å². The van der Waals surface area contributed by atoms with Crippen LogP contribution in [0.1, 0.15) is 44.3 Å². The molecular weight excluding hydrogens is 262 g/mol. The van der Waals surface area contributed by atoms with E-state index >= 15 is 0 Å². The van der Waals surface area contributed by atoms with Crippen molar-refractivity contribution < 1.29 is 4.42 Å². The van der Waals surface area contributed by atoms with Gasteiger partial charge in [-0.25, -0.2) is 0 Å². The Morgan fingerprint density at radius 1 is 1.33 bits per heavy atom. The van der Waals surface area contributed by atoms with Crippen molar-refractivity contribution >= 4 is 0 Å². The molecule has 116 valence electrons. The molecule has 0 aromatic carbocycles. The molecule has 0 bridgehead atoms. The molecule has 2 aromatic heterocycles. The fraction of sp³-hybridized carbons (Fsp3) is 0.588. The minimum Gasteiger partial charge on any atom is -0.469 e. The molecule has 2 heterocycles. The summed E-state index contributed by atoms with van der Waals surface area (Å²) in [5.41, 5.74) is 2.52. The number of aryl methyl sites for hydroxylation is 3. The smallest absolute Gasteiger partial charge is 0.103 e. The van der Waals surface area contributed by atoms with E-state index < -0.39 is 0 Å². The molecule has 0 fully saturated rings. The molecule has 1 unspecified atom stereocenters. The molecule has 0 saturated carbocycles. The maximum absolute atomic E-state index is 5.43. The highest BCUT2D eigenvalue weighted by Crippen LogP contribution is 2.13. The largest absolute Gasteiger partial charge is 0.469 e. The Morgan fingerprint density at radius 3 is 2.81 bits per heavy atom. The molecule has 0 aliphatic heterocycles. The number of nitrogens with zero attached hydrogens (tertiary/aromatic N) is 2. The summed E-state index contributed by atoms with van der Waals surface area (Å²) >= 11 is 0. The summed E-state index contributed by atoms with van der Waals surface area (Å²) < 4.78 is 7.57. The van der Waals surface area contributed by atoms with Gasteiger partial charge in [0.05, 0.1) is 12.0 Å². The summed E-state index contributed by atoms with van der Waals surface area (Å²) in [5.74, 6) is 1.07. The molecule has 0 amide bonds. The third-order valence-corrected chi connectivity index (χ3v) is 3.84. The summed E-state index contributed by atoms with van der Waals surface area (Å²) in [6, 6.07) is 6.72. The molecule has 0 radical (unpaired) electrons. The zero-order valence-corrected chi connectivity index (χ0v) is 13.4. The second-order valence-electron chi connectivity index (χ2n) is 5.37. The second kappa shape index (κ2) is 8.03. The Hall–Kier alpha value is -1.55. The normalized spacial score (nSPS) is 12.7. The molecule has 0 spiro atoms. The lowest BCUT2D eigenvalue weighted by Gasteiger charge is -2.17. The topological polar surface area (TPSA) is 43.0 Å². The van der Waals surface area contributed by atoms with Crippen molar-refractivity contribution in [1.82, 2.24) is 15.1 Å². The summed E-state index contributed by atoms with van der Waals surface area (Å²) in [7, 11) is 0. The van der Waals surface area contributed by atoms with E-state index in [-0.39, 0.29) is 0 Å². The highest BCUT2D eigenvalue weighted by atomic mass is 16.3. The van der Waals surface area contributed by atoms with Crippen LogP contribution < -0.4 is 5.32 Å². The van der Waals surface area contributed by atoms with Gasteiger partial charge in [0.1, 0.15) is 5.76 Å². The van der Waals surface area contributed by atoms with Gasteiger partial charge < -0.3 is 9.73 Å². The van der Waals surface area contributed by atoms with Gasteiger partial charge in [-0.3, -0.25) is 4.68 Å². The maximum Gasteiger partial charge on any atom is 0.103 e. The van der Waals surface area contributed by atoms with Crippen LogP contribution in [0.15, 0.2) is 28.9 Å². The van der Waals surface area contributed by atoms with Gasteiger partial charge in [0.2, 0.25) is 0 Å². The van der Waals surface area contributed by atoms with E-state index in [1.807, 2.05) is 6.07 Å². The predicted octanol–water partition coefficient (Wildman–Crippen LogP) is 3.21. The van der Waals surface area contributed by atoms with Gasteiger partial charge in [-0.15, -0.1) is 0 Å². The number of hydrogen-bond donors (Lipinski definition) is 1. The molecule has 4 nitrogen and oxygen atoms in total. The number of likely N-dealkylation sites (N-methyl/N-ethyl adjacent to an activating group) is 1. The third kappa shape index (κ3) is 4.46. The van der Waals surface area contributed by atoms with Gasteiger partial charge in [0.15, 0.2) is 0 Å². The summed E-state index contributed by atoms with van der Waals surface area (Å²) in [4.78, 5) is 0. The highest BCUT2D eigenvalue weighted by molar-refractivity contribution is 5.12. The van der Waals surface area contributed by atoms with Crippen LogP contribution in [-0.4, -0.2) is 22.4 Å². The zero-order chi connectivity index (χ0) is 15.1. The zero-order valence-electron chi connectivity index (χ0n) is 13.4. The lowest BCUT2D eigenvalue weighted by molar-refractivity contribution is 0.438. The summed E-state index contributed by atoms with van der Waals surface area (Å²) in [6.07, 6.45) is 5.83. The first kappa shape index (κ1) is 15.8. The lowest BCUT2D eigenvalue weighted by Crippen LogP contribution is -2.32. The van der Waals surface area contributed by atoms with E-state index in [1.54, 1.807) is 6.26 Å². The van der Waals surface area contributed by atoms with Gasteiger partial charge in [-0.1, -0.05) is 13.8 Å². The Morgan fingerprint density at radius 2 is 2.19 bits per heavy atom. The first-order valence-electron chi connectivity index (χ1n) is 8.08. The fourth-order valence-corrected chi connectivity index (χ4v) is 2.71. The van der Waals surface area contributed by atoms with Crippen molar-refractivity contribution in [3.63, 3.8) is 0 Å². The van der Waals surface area contributed by atoms with Crippen LogP contribution in [0.3, 0.4) is 0 Å². The van der Waals surface area contributed by atoms with E-state index in [0.29, 0.717) is 6.04 Å². The molecule has 0 aliphatic carbocycles. The van der Waals surface area contributed by atoms with E-state index in [4.69, 9.17) is 4.42 Å². The summed E-state index contributed by atoms with van der Waals surface area (Å²) in [5, 5.41) is 8.23. The van der Waals surface area contributed by atoms with Crippen LogP contribution in [0.2, 0.25) is 0 Å². The van der Waals surface area contributed by atoms with Gasteiger partial charge in [-0.2, -0.15) is 5.10 Å². The Kier molecular flexibility index (Phi) is 6.05. The molecule has 0 aliphatic rings. The molecule has 1 atom stereocenters. The van der Waals surface area contributed by atoms with Crippen molar-refractivity contribution in [2.45, 2.75) is 59.0 Å². The van der Waals surface area contributed by atoms with Crippen LogP contribution >= 0.6 is 0 Å². The first-order valence-corrected chi connectivity index (χ1v) is 8.08. The van der Waals surface area contributed by atoms with Crippen molar-refractivity contribution in [1.29, 1.82) is 0 Å². The monoisotopic (exact) mass is 289 g/mol. The molecule has 2 aromatic rings. The predicted molar refractivity (Wildman–Crippen MR) is 85.5 cm³/mol. The highest BCUT2D eigenvalue weighted by Gasteiger charge is 2.14. The third-order valence-electron chi connectivity index (χ3n) is 3.84. The Bertz CT molecular complexity index is 516. The SMILES string of the molecule is CCNC(CCc1ccco1)Cc1cc(CC)nn1CC. The fourth-order valence-electron chi connectivity index (χ4n) is 2.71. The molecule has 0 saturated heterocycles. The average Bonchev–Trinajstić information content (AvgIpc) is 3.14. The number of furan rings is 1. The number of nitrogens with one attached hydrogen (secondary N) is 1. The van der Waals surface area contributed by atoms with E-state index in [9.17, 15) is 0 Å². The van der Waals surface area contributed by atoms with Crippen molar-refractivity contribution in [2.75, 3.05) is 6.54 Å². The Balaban J connectivity index is 1.99. The van der Waals surface area contributed by atoms with Gasteiger partial charge in [0.25, 0.3) is 0 Å². The number of hydrogen-bond acceptors (Lipinski definition) is 3. The van der Waals surface area contributed by atoms with Crippen LogP contribution in [0, 0.1) is 0 Å². The van der Waals surface area contributed by atoms with E-state index in [0.717, 1.165) is 44.5 Å². The molecule has 2 rings (SSSR count). The van der Waals surface area contributed by atoms with Crippen LogP contribution in [0.5, 0.6) is 0 Å². The maximum atomic E-state index is 5.43. The van der Waals surface area contributed by atoms with Crippen LogP contribution in [0.4, 0.5) is 0 Å². The Labute approximate surface area is 127 Å². The van der Waals surface area contributed by atoms with Gasteiger partial charge in [0, 0.05) is 31.1 Å².